The van der Waals surface area contributed by atoms with E-state index in [1.165, 1.54) is 24.4 Å². The van der Waals surface area contributed by atoms with E-state index in [1.54, 1.807) is 25.1 Å². The third kappa shape index (κ3) is 5.03. The van der Waals surface area contributed by atoms with Gasteiger partial charge in [0.05, 0.1) is 11.2 Å². The molecule has 0 saturated carbocycles. The van der Waals surface area contributed by atoms with E-state index in [4.69, 9.17) is 39.5 Å². The molecule has 8 heteroatoms. The summed E-state index contributed by atoms with van der Waals surface area (Å²) in [6.45, 7) is 1.55. The number of rotatable bonds is 5. The Morgan fingerprint density at radius 3 is 2.58 bits per heavy atom. The van der Waals surface area contributed by atoms with Gasteiger partial charge in [-0.15, -0.1) is 0 Å². The summed E-state index contributed by atoms with van der Waals surface area (Å²) in [4.78, 5) is 12.0. The van der Waals surface area contributed by atoms with E-state index in [9.17, 15) is 9.90 Å². The van der Waals surface area contributed by atoms with Gasteiger partial charge < -0.3 is 9.84 Å². The van der Waals surface area contributed by atoms with E-state index in [1.807, 2.05) is 0 Å². The topological polar surface area (TPSA) is 70.9 Å². The highest BCUT2D eigenvalue weighted by molar-refractivity contribution is 6.35. The van der Waals surface area contributed by atoms with Crippen molar-refractivity contribution in [2.24, 2.45) is 5.10 Å². The number of phenols is 1. The lowest BCUT2D eigenvalue weighted by atomic mass is 10.2. The number of hydrogen-bond acceptors (Lipinski definition) is 4. The van der Waals surface area contributed by atoms with Crippen LogP contribution in [-0.2, 0) is 4.79 Å². The summed E-state index contributed by atoms with van der Waals surface area (Å²) in [7, 11) is 0. The van der Waals surface area contributed by atoms with Gasteiger partial charge >= 0.3 is 0 Å². The molecule has 0 saturated heterocycles. The van der Waals surface area contributed by atoms with Crippen LogP contribution in [0, 0.1) is 0 Å². The lowest BCUT2D eigenvalue weighted by molar-refractivity contribution is -0.127. The van der Waals surface area contributed by atoms with Gasteiger partial charge in [0.15, 0.2) is 6.10 Å². The van der Waals surface area contributed by atoms with Crippen LogP contribution >= 0.6 is 34.8 Å². The fourth-order valence-electron chi connectivity index (χ4n) is 1.70. The van der Waals surface area contributed by atoms with E-state index < -0.39 is 12.0 Å². The van der Waals surface area contributed by atoms with Gasteiger partial charge in [-0.05, 0) is 43.3 Å². The minimum atomic E-state index is -0.839. The zero-order valence-electron chi connectivity index (χ0n) is 12.5. The number of carbonyl (C=O) groups excluding carboxylic acids is 1. The summed E-state index contributed by atoms with van der Waals surface area (Å²) in [6.07, 6.45) is 0.440. The summed E-state index contributed by atoms with van der Waals surface area (Å²) in [5, 5.41) is 14.6. The third-order valence-electron chi connectivity index (χ3n) is 2.93. The number of aromatic hydroxyl groups is 1. The number of hydrogen-bond donors (Lipinski definition) is 2. The Hall–Kier alpha value is -1.95. The van der Waals surface area contributed by atoms with E-state index in [0.29, 0.717) is 26.4 Å². The Bertz CT molecular complexity index is 781. The number of halogens is 3. The molecule has 0 aliphatic rings. The lowest BCUT2D eigenvalue weighted by Crippen LogP contribution is -2.33. The molecule has 0 unspecified atom stereocenters. The molecule has 0 heterocycles. The van der Waals surface area contributed by atoms with E-state index in [-0.39, 0.29) is 5.75 Å². The van der Waals surface area contributed by atoms with Gasteiger partial charge in [-0.25, -0.2) is 5.43 Å². The molecule has 126 valence electrons. The van der Waals surface area contributed by atoms with Crippen molar-refractivity contribution in [3.63, 3.8) is 0 Å². The number of phenolic OH excluding ortho intramolecular Hbond substituents is 1. The van der Waals surface area contributed by atoms with E-state index >= 15 is 0 Å². The van der Waals surface area contributed by atoms with Crippen LogP contribution in [0.3, 0.4) is 0 Å². The molecule has 0 aliphatic carbocycles. The van der Waals surface area contributed by atoms with Gasteiger partial charge in [-0.3, -0.25) is 4.79 Å². The first-order chi connectivity index (χ1) is 11.4. The molecule has 0 fully saturated rings. The van der Waals surface area contributed by atoms with Crippen molar-refractivity contribution >= 4 is 46.9 Å². The third-order valence-corrected chi connectivity index (χ3v) is 3.70. The molecule has 2 rings (SSSR count). The van der Waals surface area contributed by atoms with Gasteiger partial charge in [0.25, 0.3) is 5.91 Å². The second-order valence-electron chi connectivity index (χ2n) is 4.77. The fraction of sp³-hybridized carbons (Fsp3) is 0.125. The number of hydrazone groups is 1. The molecule has 24 heavy (non-hydrogen) atoms. The standard InChI is InChI=1S/C16H13Cl3N2O3/c1-9(24-15-5-3-12(18)7-13(15)19)16(23)21-20-8-10-6-11(17)2-4-14(10)22/h2-9,22H,1H3,(H,21,23)/t9-/m0/s1. The summed E-state index contributed by atoms with van der Waals surface area (Å²) in [6, 6.07) is 9.18. The second-order valence-corrected chi connectivity index (χ2v) is 6.05. The molecule has 1 amide bonds. The molecule has 0 spiro atoms. The zero-order valence-corrected chi connectivity index (χ0v) is 14.7. The highest BCUT2D eigenvalue weighted by Crippen LogP contribution is 2.28. The van der Waals surface area contributed by atoms with Crippen LogP contribution in [0.15, 0.2) is 41.5 Å². The maximum absolute atomic E-state index is 12.0. The van der Waals surface area contributed by atoms with Crippen LogP contribution < -0.4 is 10.2 Å². The summed E-state index contributed by atoms with van der Waals surface area (Å²) in [5.74, 6) is -0.159. The number of carbonyl (C=O) groups is 1. The van der Waals surface area contributed by atoms with Crippen LogP contribution in [-0.4, -0.2) is 23.3 Å². The Kier molecular flexibility index (Phi) is 6.31. The van der Waals surface area contributed by atoms with Crippen LogP contribution in [0.5, 0.6) is 11.5 Å². The van der Waals surface area contributed by atoms with Crippen molar-refractivity contribution in [1.82, 2.24) is 5.43 Å². The molecule has 1 atom stereocenters. The molecule has 0 bridgehead atoms. The molecule has 0 aliphatic heterocycles. The number of nitrogens with zero attached hydrogens (tertiary/aromatic N) is 1. The monoisotopic (exact) mass is 386 g/mol. The van der Waals surface area contributed by atoms with Gasteiger partial charge in [-0.2, -0.15) is 5.10 Å². The first-order valence-corrected chi connectivity index (χ1v) is 7.93. The average Bonchev–Trinajstić information content (AvgIpc) is 2.53. The average molecular weight is 388 g/mol. The highest BCUT2D eigenvalue weighted by Gasteiger charge is 2.15. The van der Waals surface area contributed by atoms with Crippen LogP contribution in [0.1, 0.15) is 12.5 Å². The smallest absolute Gasteiger partial charge is 0.280 e. The quantitative estimate of drug-likeness (QED) is 0.594. The lowest BCUT2D eigenvalue weighted by Gasteiger charge is -2.14. The fourth-order valence-corrected chi connectivity index (χ4v) is 2.33. The van der Waals surface area contributed by atoms with Crippen LogP contribution in [0.4, 0.5) is 0 Å². The first kappa shape index (κ1) is 18.4. The molecule has 5 nitrogen and oxygen atoms in total. The zero-order chi connectivity index (χ0) is 17.7. The second kappa shape index (κ2) is 8.24. The van der Waals surface area contributed by atoms with E-state index in [0.717, 1.165) is 0 Å². The van der Waals surface area contributed by atoms with Crippen molar-refractivity contribution in [2.75, 3.05) is 0 Å². The molecule has 2 aromatic carbocycles. The molecule has 2 aromatic rings. The van der Waals surface area contributed by atoms with Crippen molar-refractivity contribution in [3.05, 3.63) is 57.0 Å². The summed E-state index contributed by atoms with van der Waals surface area (Å²) < 4.78 is 5.46. The Morgan fingerprint density at radius 1 is 1.21 bits per heavy atom. The highest BCUT2D eigenvalue weighted by atomic mass is 35.5. The molecule has 0 radical (unpaired) electrons. The van der Waals surface area contributed by atoms with Gasteiger partial charge in [0.1, 0.15) is 11.5 Å². The van der Waals surface area contributed by atoms with Crippen molar-refractivity contribution < 1.29 is 14.6 Å². The SMILES string of the molecule is C[C@H](Oc1ccc(Cl)cc1Cl)C(=O)NN=Cc1cc(Cl)ccc1O. The molecular weight excluding hydrogens is 375 g/mol. The predicted octanol–water partition coefficient (Wildman–Crippen LogP) is 4.27. The Morgan fingerprint density at radius 2 is 1.88 bits per heavy atom. The maximum Gasteiger partial charge on any atom is 0.280 e. The number of amides is 1. The number of benzene rings is 2. The maximum atomic E-state index is 12.0. The molecule has 0 aromatic heterocycles. The summed E-state index contributed by atoms with van der Waals surface area (Å²) >= 11 is 17.6. The molecule has 2 N–H and O–H groups in total. The van der Waals surface area contributed by atoms with Crippen LogP contribution in [0.25, 0.3) is 0 Å². The first-order valence-electron chi connectivity index (χ1n) is 6.80. The van der Waals surface area contributed by atoms with Gasteiger partial charge in [-0.1, -0.05) is 34.8 Å². The number of nitrogens with one attached hydrogen (secondary N) is 1. The number of ether oxygens (including phenoxy) is 1. The minimum Gasteiger partial charge on any atom is -0.507 e. The van der Waals surface area contributed by atoms with Crippen molar-refractivity contribution in [3.8, 4) is 11.5 Å². The minimum absolute atomic E-state index is 0.00496. The Labute approximate surface area is 153 Å². The van der Waals surface area contributed by atoms with Crippen molar-refractivity contribution in [2.45, 2.75) is 13.0 Å². The van der Waals surface area contributed by atoms with Crippen molar-refractivity contribution in [1.29, 1.82) is 0 Å². The Balaban J connectivity index is 1.96. The largest absolute Gasteiger partial charge is 0.507 e. The van der Waals surface area contributed by atoms with Crippen LogP contribution in [0.2, 0.25) is 15.1 Å². The molecular formula is C16H13Cl3N2O3. The van der Waals surface area contributed by atoms with Gasteiger partial charge in [0, 0.05) is 15.6 Å². The van der Waals surface area contributed by atoms with E-state index in [2.05, 4.69) is 10.5 Å². The normalized spacial score (nSPS) is 12.2. The van der Waals surface area contributed by atoms with Gasteiger partial charge in [0.2, 0.25) is 0 Å². The summed E-state index contributed by atoms with van der Waals surface area (Å²) in [5.41, 5.74) is 2.68. The predicted molar refractivity (Wildman–Crippen MR) is 95.4 cm³/mol.